The summed E-state index contributed by atoms with van der Waals surface area (Å²) in [4.78, 5) is 24.5. The van der Waals surface area contributed by atoms with E-state index in [4.69, 9.17) is 5.11 Å². The highest BCUT2D eigenvalue weighted by molar-refractivity contribution is 7.98. The quantitative estimate of drug-likeness (QED) is 0.631. The molecule has 0 saturated carbocycles. The molecule has 0 atom stereocenters. The molecule has 1 rings (SSSR count). The second-order valence-electron chi connectivity index (χ2n) is 3.98. The molecule has 0 fully saturated rings. The molecule has 4 nitrogen and oxygen atoms in total. The maximum Gasteiger partial charge on any atom is 0.312 e. The average Bonchev–Trinajstić information content (AvgIpc) is 2.35. The number of rotatable bonds is 6. The molecule has 0 aliphatic carbocycles. The van der Waals surface area contributed by atoms with Crippen molar-refractivity contribution in [2.45, 2.75) is 17.7 Å². The number of carbonyl (C=O) groups excluding carboxylic acids is 1. The molecule has 0 unspecified atom stereocenters. The molecule has 98 valence electrons. The van der Waals surface area contributed by atoms with E-state index >= 15 is 0 Å². The van der Waals surface area contributed by atoms with Gasteiger partial charge < -0.3 is 10.0 Å². The minimum absolute atomic E-state index is 0.358. The van der Waals surface area contributed by atoms with Crippen molar-refractivity contribution >= 4 is 23.6 Å². The van der Waals surface area contributed by atoms with Crippen LogP contribution in [0.3, 0.4) is 0 Å². The molecule has 0 aliphatic rings. The van der Waals surface area contributed by atoms with E-state index in [0.29, 0.717) is 6.54 Å². The van der Waals surface area contributed by atoms with Crippen molar-refractivity contribution in [2.75, 3.05) is 19.8 Å². The summed E-state index contributed by atoms with van der Waals surface area (Å²) in [5.74, 6) is -1.44. The topological polar surface area (TPSA) is 57.6 Å². The van der Waals surface area contributed by atoms with Crippen LogP contribution >= 0.6 is 11.8 Å². The Morgan fingerprint density at radius 2 is 1.89 bits per heavy atom. The fourth-order valence-corrected chi connectivity index (χ4v) is 1.89. The van der Waals surface area contributed by atoms with Crippen LogP contribution in [0, 0.1) is 0 Å². The summed E-state index contributed by atoms with van der Waals surface area (Å²) >= 11 is 1.68. The van der Waals surface area contributed by atoms with Gasteiger partial charge in [-0.05, 0) is 30.4 Å². The standard InChI is InChI=1S/C13H17NO3S/c1-14(12(15)9-13(16)17)8-7-10-3-5-11(18-2)6-4-10/h3-6H,7-9H2,1-2H3,(H,16,17). The van der Waals surface area contributed by atoms with Crippen LogP contribution < -0.4 is 0 Å². The second-order valence-corrected chi connectivity index (χ2v) is 4.86. The molecule has 18 heavy (non-hydrogen) atoms. The normalized spacial score (nSPS) is 10.1. The predicted molar refractivity (Wildman–Crippen MR) is 71.8 cm³/mol. The van der Waals surface area contributed by atoms with Gasteiger partial charge in [0.15, 0.2) is 0 Å². The van der Waals surface area contributed by atoms with E-state index < -0.39 is 12.4 Å². The average molecular weight is 267 g/mol. The van der Waals surface area contributed by atoms with Crippen molar-refractivity contribution in [3.8, 4) is 0 Å². The van der Waals surface area contributed by atoms with Gasteiger partial charge in [0.05, 0.1) is 0 Å². The molecular weight excluding hydrogens is 250 g/mol. The number of likely N-dealkylation sites (N-methyl/N-ethyl adjacent to an activating group) is 1. The Kier molecular flexibility index (Phi) is 5.71. The Morgan fingerprint density at radius 3 is 2.39 bits per heavy atom. The summed E-state index contributed by atoms with van der Waals surface area (Å²) in [7, 11) is 1.63. The zero-order chi connectivity index (χ0) is 13.5. The smallest absolute Gasteiger partial charge is 0.312 e. The number of hydrogen-bond acceptors (Lipinski definition) is 3. The minimum atomic E-state index is -1.09. The number of amides is 1. The number of carboxylic acids is 1. The van der Waals surface area contributed by atoms with Crippen molar-refractivity contribution in [3.05, 3.63) is 29.8 Å². The van der Waals surface area contributed by atoms with Crippen LogP contribution in [0.1, 0.15) is 12.0 Å². The van der Waals surface area contributed by atoms with E-state index in [-0.39, 0.29) is 5.91 Å². The van der Waals surface area contributed by atoms with Crippen molar-refractivity contribution in [2.24, 2.45) is 0 Å². The highest BCUT2D eigenvalue weighted by Gasteiger charge is 2.12. The molecule has 0 saturated heterocycles. The van der Waals surface area contributed by atoms with E-state index in [1.54, 1.807) is 18.8 Å². The lowest BCUT2D eigenvalue weighted by atomic mass is 10.1. The van der Waals surface area contributed by atoms with E-state index in [2.05, 4.69) is 0 Å². The van der Waals surface area contributed by atoms with Crippen molar-refractivity contribution in [1.82, 2.24) is 4.90 Å². The summed E-state index contributed by atoms with van der Waals surface area (Å²) in [5.41, 5.74) is 1.14. The molecule has 0 spiro atoms. The molecule has 1 N–H and O–H groups in total. The van der Waals surface area contributed by atoms with Crippen LogP contribution in [0.2, 0.25) is 0 Å². The highest BCUT2D eigenvalue weighted by atomic mass is 32.2. The molecule has 0 radical (unpaired) electrons. The zero-order valence-electron chi connectivity index (χ0n) is 10.5. The monoisotopic (exact) mass is 267 g/mol. The van der Waals surface area contributed by atoms with Gasteiger partial charge in [0.1, 0.15) is 6.42 Å². The lowest BCUT2D eigenvalue weighted by Crippen LogP contribution is -2.30. The maximum atomic E-state index is 11.4. The molecule has 0 bridgehead atoms. The number of benzene rings is 1. The van der Waals surface area contributed by atoms with Gasteiger partial charge in [-0.25, -0.2) is 0 Å². The van der Waals surface area contributed by atoms with E-state index in [1.807, 2.05) is 30.5 Å². The fraction of sp³-hybridized carbons (Fsp3) is 0.385. The molecule has 1 amide bonds. The van der Waals surface area contributed by atoms with Crippen molar-refractivity contribution in [1.29, 1.82) is 0 Å². The maximum absolute atomic E-state index is 11.4. The van der Waals surface area contributed by atoms with Crippen LogP contribution in [-0.2, 0) is 16.0 Å². The molecule has 1 aromatic carbocycles. The van der Waals surface area contributed by atoms with E-state index in [1.165, 1.54) is 9.80 Å². The first kappa shape index (κ1) is 14.6. The van der Waals surface area contributed by atoms with Crippen LogP contribution in [0.4, 0.5) is 0 Å². The third-order valence-corrected chi connectivity index (χ3v) is 3.37. The summed E-state index contributed by atoms with van der Waals surface area (Å²) in [6.07, 6.45) is 2.31. The summed E-state index contributed by atoms with van der Waals surface area (Å²) in [6, 6.07) is 8.14. The van der Waals surface area contributed by atoms with Crippen LogP contribution in [0.25, 0.3) is 0 Å². The van der Waals surface area contributed by atoms with Crippen LogP contribution in [0.5, 0.6) is 0 Å². The van der Waals surface area contributed by atoms with Gasteiger partial charge in [0, 0.05) is 18.5 Å². The molecule has 0 aromatic heterocycles. The lowest BCUT2D eigenvalue weighted by Gasteiger charge is -2.16. The van der Waals surface area contributed by atoms with Crippen molar-refractivity contribution < 1.29 is 14.7 Å². The fourth-order valence-electron chi connectivity index (χ4n) is 1.48. The number of aliphatic carboxylic acids is 1. The first-order valence-corrected chi connectivity index (χ1v) is 6.84. The zero-order valence-corrected chi connectivity index (χ0v) is 11.4. The van der Waals surface area contributed by atoms with Gasteiger partial charge in [-0.2, -0.15) is 0 Å². The van der Waals surface area contributed by atoms with Gasteiger partial charge in [-0.15, -0.1) is 11.8 Å². The van der Waals surface area contributed by atoms with Crippen LogP contribution in [-0.4, -0.2) is 41.7 Å². The van der Waals surface area contributed by atoms with Gasteiger partial charge in [-0.1, -0.05) is 12.1 Å². The Morgan fingerprint density at radius 1 is 1.28 bits per heavy atom. The van der Waals surface area contributed by atoms with Gasteiger partial charge in [-0.3, -0.25) is 9.59 Å². The third-order valence-electron chi connectivity index (χ3n) is 2.62. The first-order chi connectivity index (χ1) is 8.52. The molecule has 1 aromatic rings. The summed E-state index contributed by atoms with van der Waals surface area (Å²) in [5, 5.41) is 8.53. The van der Waals surface area contributed by atoms with E-state index in [9.17, 15) is 9.59 Å². The molecular formula is C13H17NO3S. The first-order valence-electron chi connectivity index (χ1n) is 5.61. The summed E-state index contributed by atoms with van der Waals surface area (Å²) in [6.45, 7) is 0.532. The highest BCUT2D eigenvalue weighted by Crippen LogP contribution is 2.15. The Hall–Kier alpha value is -1.49. The molecule has 0 aliphatic heterocycles. The lowest BCUT2D eigenvalue weighted by molar-refractivity contribution is -0.143. The summed E-state index contributed by atoms with van der Waals surface area (Å²) < 4.78 is 0. The van der Waals surface area contributed by atoms with Gasteiger partial charge in [0.25, 0.3) is 0 Å². The predicted octanol–water partition coefficient (Wildman–Crippen LogP) is 1.88. The minimum Gasteiger partial charge on any atom is -0.481 e. The Bertz CT molecular complexity index is 417. The Balaban J connectivity index is 2.43. The molecule has 5 heteroatoms. The van der Waals surface area contributed by atoms with Gasteiger partial charge in [0.2, 0.25) is 5.91 Å². The second kappa shape index (κ2) is 7.06. The third kappa shape index (κ3) is 4.79. The molecule has 0 heterocycles. The number of nitrogens with zero attached hydrogens (tertiary/aromatic N) is 1. The number of thioether (sulfide) groups is 1. The van der Waals surface area contributed by atoms with Gasteiger partial charge >= 0.3 is 5.97 Å². The number of carbonyl (C=O) groups is 2. The SMILES string of the molecule is CSc1ccc(CCN(C)C(=O)CC(=O)O)cc1. The van der Waals surface area contributed by atoms with Crippen molar-refractivity contribution in [3.63, 3.8) is 0 Å². The van der Waals surface area contributed by atoms with Crippen LogP contribution in [0.15, 0.2) is 29.2 Å². The number of hydrogen-bond donors (Lipinski definition) is 1. The van der Waals surface area contributed by atoms with E-state index in [0.717, 1.165) is 12.0 Å². The largest absolute Gasteiger partial charge is 0.481 e. The Labute approximate surface area is 111 Å². The number of carboxylic acid groups (broad SMARTS) is 1.